The summed E-state index contributed by atoms with van der Waals surface area (Å²) >= 11 is 1.85. The van der Waals surface area contributed by atoms with Crippen LogP contribution < -0.4 is 0 Å². The minimum atomic E-state index is -0.425. The number of rotatable bonds is 9. The Labute approximate surface area is 120 Å². The van der Waals surface area contributed by atoms with Crippen molar-refractivity contribution in [2.75, 3.05) is 32.5 Å². The highest BCUT2D eigenvalue weighted by Gasteiger charge is 2.08. The first kappa shape index (κ1) is 16.5. The third-order valence-electron chi connectivity index (χ3n) is 3.00. The summed E-state index contributed by atoms with van der Waals surface area (Å²) in [6, 6.07) is 8.18. The molecule has 0 saturated carbocycles. The van der Waals surface area contributed by atoms with Crippen molar-refractivity contribution in [1.29, 1.82) is 0 Å². The van der Waals surface area contributed by atoms with E-state index in [2.05, 4.69) is 19.1 Å². The number of hydrogen-bond acceptors (Lipinski definition) is 4. The van der Waals surface area contributed by atoms with Gasteiger partial charge in [0, 0.05) is 18.0 Å². The molecule has 0 aliphatic carbocycles. The molecular formula is C15H25NO2S. The Morgan fingerprint density at radius 3 is 2.47 bits per heavy atom. The number of nitrogens with zero attached hydrogens (tertiary/aromatic N) is 1. The average molecular weight is 283 g/mol. The Bertz CT molecular complexity index is 343. The molecule has 0 spiro atoms. The maximum absolute atomic E-state index is 10.1. The second-order valence-corrected chi connectivity index (χ2v) is 5.92. The van der Waals surface area contributed by atoms with E-state index >= 15 is 0 Å². The van der Waals surface area contributed by atoms with E-state index in [0.717, 1.165) is 17.9 Å². The topological polar surface area (TPSA) is 43.7 Å². The summed E-state index contributed by atoms with van der Waals surface area (Å²) in [5, 5.41) is 18.9. The maximum Gasteiger partial charge on any atom is 0.0802 e. The summed E-state index contributed by atoms with van der Waals surface area (Å²) in [7, 11) is 1.95. The minimum Gasteiger partial charge on any atom is -0.395 e. The molecular weight excluding hydrogens is 258 g/mol. The molecule has 3 nitrogen and oxygen atoms in total. The molecule has 0 radical (unpaired) electrons. The van der Waals surface area contributed by atoms with Gasteiger partial charge in [-0.2, -0.15) is 0 Å². The maximum atomic E-state index is 10.1. The van der Waals surface area contributed by atoms with E-state index in [1.165, 1.54) is 11.3 Å². The van der Waals surface area contributed by atoms with Crippen LogP contribution in [0.5, 0.6) is 0 Å². The van der Waals surface area contributed by atoms with Crippen molar-refractivity contribution in [2.45, 2.75) is 30.8 Å². The van der Waals surface area contributed by atoms with Crippen LogP contribution in [0, 0.1) is 0 Å². The Kier molecular flexibility index (Phi) is 8.14. The van der Waals surface area contributed by atoms with Gasteiger partial charge in [-0.25, -0.2) is 0 Å². The molecule has 0 fully saturated rings. The Balaban J connectivity index is 2.41. The number of benzene rings is 1. The van der Waals surface area contributed by atoms with Gasteiger partial charge in [-0.05, 0) is 43.3 Å². The zero-order chi connectivity index (χ0) is 14.1. The molecule has 0 saturated heterocycles. The molecule has 1 unspecified atom stereocenters. The predicted molar refractivity (Wildman–Crippen MR) is 81.6 cm³/mol. The van der Waals surface area contributed by atoms with Crippen LogP contribution in [-0.4, -0.2) is 47.6 Å². The molecule has 108 valence electrons. The van der Waals surface area contributed by atoms with Crippen LogP contribution in [-0.2, 0) is 0 Å². The summed E-state index contributed by atoms with van der Waals surface area (Å²) in [6.45, 7) is 3.78. The van der Waals surface area contributed by atoms with Gasteiger partial charge >= 0.3 is 0 Å². The highest BCUT2D eigenvalue weighted by molar-refractivity contribution is 7.99. The van der Waals surface area contributed by atoms with E-state index in [-0.39, 0.29) is 6.61 Å². The molecule has 0 aliphatic heterocycles. The zero-order valence-corrected chi connectivity index (χ0v) is 12.7. The molecule has 4 heteroatoms. The molecule has 2 N–H and O–H groups in total. The molecule has 0 aromatic heterocycles. The SMILES string of the molecule is CCCSc1ccc(C(O)CCN(C)CCO)cc1. The zero-order valence-electron chi connectivity index (χ0n) is 11.9. The number of aliphatic hydroxyl groups is 2. The van der Waals surface area contributed by atoms with Crippen molar-refractivity contribution in [2.24, 2.45) is 0 Å². The largest absolute Gasteiger partial charge is 0.395 e. The lowest BCUT2D eigenvalue weighted by molar-refractivity contribution is 0.141. The van der Waals surface area contributed by atoms with Crippen molar-refractivity contribution in [3.63, 3.8) is 0 Å². The monoisotopic (exact) mass is 283 g/mol. The molecule has 1 aromatic carbocycles. The first-order valence-corrected chi connectivity index (χ1v) is 7.86. The van der Waals surface area contributed by atoms with E-state index in [0.29, 0.717) is 13.0 Å². The average Bonchev–Trinajstić information content (AvgIpc) is 2.43. The van der Waals surface area contributed by atoms with Gasteiger partial charge in [0.25, 0.3) is 0 Å². The smallest absolute Gasteiger partial charge is 0.0802 e. The van der Waals surface area contributed by atoms with Crippen LogP contribution in [0.3, 0.4) is 0 Å². The first-order chi connectivity index (χ1) is 9.17. The quantitative estimate of drug-likeness (QED) is 0.684. The molecule has 0 bridgehead atoms. The van der Waals surface area contributed by atoms with E-state index in [1.807, 2.05) is 35.8 Å². The van der Waals surface area contributed by atoms with Gasteiger partial charge in [0.15, 0.2) is 0 Å². The van der Waals surface area contributed by atoms with Crippen molar-refractivity contribution in [1.82, 2.24) is 4.90 Å². The van der Waals surface area contributed by atoms with E-state index in [9.17, 15) is 5.11 Å². The van der Waals surface area contributed by atoms with E-state index < -0.39 is 6.10 Å². The van der Waals surface area contributed by atoms with E-state index in [4.69, 9.17) is 5.11 Å². The highest BCUT2D eigenvalue weighted by atomic mass is 32.2. The van der Waals surface area contributed by atoms with Gasteiger partial charge in [-0.1, -0.05) is 19.1 Å². The molecule has 0 heterocycles. The third kappa shape index (κ3) is 6.43. The second-order valence-electron chi connectivity index (χ2n) is 4.75. The van der Waals surface area contributed by atoms with Gasteiger partial charge in [0.2, 0.25) is 0 Å². The van der Waals surface area contributed by atoms with Gasteiger partial charge in [0.1, 0.15) is 0 Å². The van der Waals surface area contributed by atoms with Gasteiger partial charge in [-0.3, -0.25) is 0 Å². The number of thioether (sulfide) groups is 1. The van der Waals surface area contributed by atoms with Crippen LogP contribution >= 0.6 is 11.8 Å². The van der Waals surface area contributed by atoms with Gasteiger partial charge in [-0.15, -0.1) is 11.8 Å². The van der Waals surface area contributed by atoms with Crippen molar-refractivity contribution in [3.05, 3.63) is 29.8 Å². The highest BCUT2D eigenvalue weighted by Crippen LogP contribution is 2.23. The lowest BCUT2D eigenvalue weighted by Crippen LogP contribution is -2.24. The summed E-state index contributed by atoms with van der Waals surface area (Å²) < 4.78 is 0. The fourth-order valence-electron chi connectivity index (χ4n) is 1.80. The summed E-state index contributed by atoms with van der Waals surface area (Å²) in [4.78, 5) is 3.28. The lowest BCUT2D eigenvalue weighted by atomic mass is 10.1. The third-order valence-corrected chi connectivity index (χ3v) is 4.22. The Morgan fingerprint density at radius 1 is 1.21 bits per heavy atom. The predicted octanol–water partition coefficient (Wildman–Crippen LogP) is 2.54. The van der Waals surface area contributed by atoms with Crippen molar-refractivity contribution < 1.29 is 10.2 Å². The fourth-order valence-corrected chi connectivity index (χ4v) is 2.57. The first-order valence-electron chi connectivity index (χ1n) is 6.87. The molecule has 0 amide bonds. The molecule has 19 heavy (non-hydrogen) atoms. The minimum absolute atomic E-state index is 0.163. The Morgan fingerprint density at radius 2 is 1.89 bits per heavy atom. The van der Waals surface area contributed by atoms with Crippen LogP contribution in [0.2, 0.25) is 0 Å². The molecule has 1 rings (SSSR count). The van der Waals surface area contributed by atoms with Gasteiger partial charge in [0.05, 0.1) is 12.7 Å². The van der Waals surface area contributed by atoms with Crippen LogP contribution in [0.1, 0.15) is 31.4 Å². The molecule has 1 atom stereocenters. The fraction of sp³-hybridized carbons (Fsp3) is 0.600. The number of hydrogen-bond donors (Lipinski definition) is 2. The van der Waals surface area contributed by atoms with E-state index in [1.54, 1.807) is 0 Å². The molecule has 1 aromatic rings. The normalized spacial score (nSPS) is 12.9. The second kappa shape index (κ2) is 9.37. The Hall–Kier alpha value is -0.550. The van der Waals surface area contributed by atoms with Crippen molar-refractivity contribution >= 4 is 11.8 Å². The summed E-state index contributed by atoms with van der Waals surface area (Å²) in [5.41, 5.74) is 0.971. The van der Waals surface area contributed by atoms with Crippen molar-refractivity contribution in [3.8, 4) is 0 Å². The molecule has 0 aliphatic rings. The number of likely N-dealkylation sites (N-methyl/N-ethyl adjacent to an activating group) is 1. The van der Waals surface area contributed by atoms with Crippen LogP contribution in [0.4, 0.5) is 0 Å². The summed E-state index contributed by atoms with van der Waals surface area (Å²) in [6.07, 6.45) is 1.44. The van der Waals surface area contributed by atoms with Gasteiger partial charge < -0.3 is 15.1 Å². The van der Waals surface area contributed by atoms with Crippen LogP contribution in [0.25, 0.3) is 0 Å². The van der Waals surface area contributed by atoms with Crippen LogP contribution in [0.15, 0.2) is 29.2 Å². The lowest BCUT2D eigenvalue weighted by Gasteiger charge is -2.18. The standard InChI is InChI=1S/C15H25NO2S/c1-3-12-19-14-6-4-13(5-7-14)15(18)8-9-16(2)10-11-17/h4-7,15,17-18H,3,8-12H2,1-2H3. The summed E-state index contributed by atoms with van der Waals surface area (Å²) in [5.74, 6) is 1.13. The number of aliphatic hydroxyl groups excluding tert-OH is 2.